The Morgan fingerprint density at radius 2 is 1.95 bits per heavy atom. The summed E-state index contributed by atoms with van der Waals surface area (Å²) < 4.78 is 0. The van der Waals surface area contributed by atoms with E-state index in [0.29, 0.717) is 12.3 Å². The molecule has 2 N–H and O–H groups in total. The van der Waals surface area contributed by atoms with Gasteiger partial charge in [-0.05, 0) is 25.2 Å². The fourth-order valence-corrected chi connectivity index (χ4v) is 2.76. The van der Waals surface area contributed by atoms with E-state index in [1.165, 1.54) is 32.1 Å². The Kier molecular flexibility index (Phi) is 7.41. The number of unbranched alkanes of at least 4 members (excludes halogenated alkanes) is 1. The summed E-state index contributed by atoms with van der Waals surface area (Å²) in [6.07, 6.45) is 8.37. The number of nitrogens with one attached hydrogen (secondary N) is 1. The van der Waals surface area contributed by atoms with Crippen molar-refractivity contribution in [2.45, 2.75) is 64.3 Å². The standard InChI is InChI=1S/C15H28N2O3/c1-3-4-10-13(14(18)19)16-15(20)17(2)11-12-8-6-5-7-9-12/h12-13H,3-11H2,1-2H3,(H,16,20)(H,18,19). The molecule has 5 nitrogen and oxygen atoms in total. The van der Waals surface area contributed by atoms with Crippen LogP contribution in [0.3, 0.4) is 0 Å². The minimum Gasteiger partial charge on any atom is -0.480 e. The van der Waals surface area contributed by atoms with Gasteiger partial charge in [0.15, 0.2) is 0 Å². The summed E-state index contributed by atoms with van der Waals surface area (Å²) in [5.74, 6) is -0.378. The third kappa shape index (κ3) is 5.80. The maximum atomic E-state index is 12.0. The van der Waals surface area contributed by atoms with E-state index in [2.05, 4.69) is 5.32 Å². The number of carbonyl (C=O) groups excluding carboxylic acids is 1. The Hall–Kier alpha value is -1.26. The Morgan fingerprint density at radius 3 is 2.50 bits per heavy atom. The van der Waals surface area contributed by atoms with Crippen molar-refractivity contribution in [3.63, 3.8) is 0 Å². The van der Waals surface area contributed by atoms with Gasteiger partial charge in [0.05, 0.1) is 0 Å². The second kappa shape index (κ2) is 8.82. The molecule has 1 aliphatic carbocycles. The van der Waals surface area contributed by atoms with Crippen LogP contribution in [0.15, 0.2) is 0 Å². The molecule has 0 saturated heterocycles. The van der Waals surface area contributed by atoms with Crippen LogP contribution in [0.25, 0.3) is 0 Å². The minimum absolute atomic E-state index is 0.265. The van der Waals surface area contributed by atoms with Crippen molar-refractivity contribution >= 4 is 12.0 Å². The average Bonchev–Trinajstić information content (AvgIpc) is 2.43. The summed E-state index contributed by atoms with van der Waals surface area (Å²) in [4.78, 5) is 24.8. The number of rotatable bonds is 7. The lowest BCUT2D eigenvalue weighted by atomic mass is 9.89. The lowest BCUT2D eigenvalue weighted by Crippen LogP contribution is -2.47. The van der Waals surface area contributed by atoms with Gasteiger partial charge in [-0.2, -0.15) is 0 Å². The molecule has 1 saturated carbocycles. The van der Waals surface area contributed by atoms with Gasteiger partial charge in [0.25, 0.3) is 0 Å². The molecule has 0 heterocycles. The molecule has 1 unspecified atom stereocenters. The maximum Gasteiger partial charge on any atom is 0.326 e. The Bertz CT molecular complexity index is 314. The number of urea groups is 1. The first-order chi connectivity index (χ1) is 9.54. The molecular weight excluding hydrogens is 256 g/mol. The molecule has 0 aromatic rings. The van der Waals surface area contributed by atoms with Gasteiger partial charge in [-0.1, -0.05) is 39.0 Å². The van der Waals surface area contributed by atoms with Crippen molar-refractivity contribution in [1.29, 1.82) is 0 Å². The van der Waals surface area contributed by atoms with Gasteiger partial charge in [-0.15, -0.1) is 0 Å². The number of carbonyl (C=O) groups is 2. The number of nitrogens with zero attached hydrogens (tertiary/aromatic N) is 1. The van der Waals surface area contributed by atoms with E-state index in [4.69, 9.17) is 5.11 Å². The molecule has 5 heteroatoms. The average molecular weight is 284 g/mol. The van der Waals surface area contributed by atoms with Gasteiger partial charge in [0, 0.05) is 13.6 Å². The molecule has 20 heavy (non-hydrogen) atoms. The Morgan fingerprint density at radius 1 is 1.30 bits per heavy atom. The molecule has 1 aliphatic rings. The van der Waals surface area contributed by atoms with E-state index in [1.807, 2.05) is 6.92 Å². The van der Waals surface area contributed by atoms with Crippen LogP contribution >= 0.6 is 0 Å². The van der Waals surface area contributed by atoms with Gasteiger partial charge in [0.1, 0.15) is 6.04 Å². The topological polar surface area (TPSA) is 69.6 Å². The van der Waals surface area contributed by atoms with Gasteiger partial charge in [-0.3, -0.25) is 0 Å². The molecule has 0 aromatic heterocycles. The highest BCUT2D eigenvalue weighted by atomic mass is 16.4. The molecule has 0 aromatic carbocycles. The normalized spacial score (nSPS) is 17.5. The summed E-state index contributed by atoms with van der Waals surface area (Å²) in [7, 11) is 1.75. The number of carboxylic acid groups (broad SMARTS) is 1. The minimum atomic E-state index is -0.946. The van der Waals surface area contributed by atoms with Crippen LogP contribution in [0.5, 0.6) is 0 Å². The molecule has 1 rings (SSSR count). The van der Waals surface area contributed by atoms with Crippen LogP contribution in [-0.2, 0) is 4.79 Å². The summed E-state index contributed by atoms with van der Waals surface area (Å²) in [5, 5.41) is 11.7. The summed E-state index contributed by atoms with van der Waals surface area (Å²) in [6, 6.07) is -1.03. The maximum absolute atomic E-state index is 12.0. The summed E-state index contributed by atoms with van der Waals surface area (Å²) >= 11 is 0. The second-order valence-corrected chi connectivity index (χ2v) is 5.87. The second-order valence-electron chi connectivity index (χ2n) is 5.87. The fraction of sp³-hybridized carbons (Fsp3) is 0.867. The molecule has 2 amide bonds. The molecule has 116 valence electrons. The van der Waals surface area contributed by atoms with E-state index < -0.39 is 12.0 Å². The molecule has 1 atom stereocenters. The molecule has 0 radical (unpaired) electrons. The summed E-state index contributed by atoms with van der Waals surface area (Å²) in [6.45, 7) is 2.74. The lowest BCUT2D eigenvalue weighted by molar-refractivity contribution is -0.139. The van der Waals surface area contributed by atoms with Crippen molar-refractivity contribution in [3.8, 4) is 0 Å². The zero-order valence-corrected chi connectivity index (χ0v) is 12.7. The highest BCUT2D eigenvalue weighted by molar-refractivity contribution is 5.82. The summed E-state index contributed by atoms with van der Waals surface area (Å²) in [5.41, 5.74) is 0. The number of amides is 2. The first-order valence-electron chi connectivity index (χ1n) is 7.79. The zero-order chi connectivity index (χ0) is 15.0. The van der Waals surface area contributed by atoms with Gasteiger partial charge in [-0.25, -0.2) is 9.59 Å². The van der Waals surface area contributed by atoms with Crippen LogP contribution in [0.4, 0.5) is 4.79 Å². The van der Waals surface area contributed by atoms with Crippen LogP contribution in [0, 0.1) is 5.92 Å². The Balaban J connectivity index is 2.39. The van der Waals surface area contributed by atoms with Crippen LogP contribution in [-0.4, -0.2) is 41.6 Å². The molecule has 0 aliphatic heterocycles. The van der Waals surface area contributed by atoms with Crippen molar-refractivity contribution < 1.29 is 14.7 Å². The largest absolute Gasteiger partial charge is 0.480 e. The van der Waals surface area contributed by atoms with Gasteiger partial charge < -0.3 is 15.3 Å². The first kappa shape index (κ1) is 16.8. The smallest absolute Gasteiger partial charge is 0.326 e. The molecule has 1 fully saturated rings. The van der Waals surface area contributed by atoms with E-state index in [0.717, 1.165) is 19.4 Å². The van der Waals surface area contributed by atoms with Crippen LogP contribution in [0.2, 0.25) is 0 Å². The molecular formula is C15H28N2O3. The van der Waals surface area contributed by atoms with E-state index in [1.54, 1.807) is 11.9 Å². The highest BCUT2D eigenvalue weighted by Gasteiger charge is 2.23. The van der Waals surface area contributed by atoms with Crippen molar-refractivity contribution in [1.82, 2.24) is 10.2 Å². The SMILES string of the molecule is CCCCC(NC(=O)N(C)CC1CCCCC1)C(=O)O. The predicted octanol–water partition coefficient (Wildman–Crippen LogP) is 2.85. The predicted molar refractivity (Wildman–Crippen MR) is 78.7 cm³/mol. The van der Waals surface area contributed by atoms with Crippen molar-refractivity contribution in [3.05, 3.63) is 0 Å². The zero-order valence-electron chi connectivity index (χ0n) is 12.7. The fourth-order valence-electron chi connectivity index (χ4n) is 2.76. The third-order valence-corrected chi connectivity index (χ3v) is 4.05. The first-order valence-corrected chi connectivity index (χ1v) is 7.79. The van der Waals surface area contributed by atoms with E-state index >= 15 is 0 Å². The number of aliphatic carboxylic acids is 1. The number of hydrogen-bond acceptors (Lipinski definition) is 2. The monoisotopic (exact) mass is 284 g/mol. The third-order valence-electron chi connectivity index (χ3n) is 4.05. The number of hydrogen-bond donors (Lipinski definition) is 2. The van der Waals surface area contributed by atoms with E-state index in [-0.39, 0.29) is 6.03 Å². The van der Waals surface area contributed by atoms with Gasteiger partial charge in [0.2, 0.25) is 0 Å². The van der Waals surface area contributed by atoms with Crippen molar-refractivity contribution in [2.75, 3.05) is 13.6 Å². The quantitative estimate of drug-likeness (QED) is 0.755. The molecule has 0 spiro atoms. The molecule has 0 bridgehead atoms. The van der Waals surface area contributed by atoms with Crippen LogP contribution in [0.1, 0.15) is 58.3 Å². The Labute approximate surface area is 121 Å². The van der Waals surface area contributed by atoms with Crippen LogP contribution < -0.4 is 5.32 Å². The highest BCUT2D eigenvalue weighted by Crippen LogP contribution is 2.24. The number of carboxylic acids is 1. The lowest BCUT2D eigenvalue weighted by Gasteiger charge is -2.28. The van der Waals surface area contributed by atoms with E-state index in [9.17, 15) is 9.59 Å². The van der Waals surface area contributed by atoms with Crippen molar-refractivity contribution in [2.24, 2.45) is 5.92 Å². The van der Waals surface area contributed by atoms with Gasteiger partial charge >= 0.3 is 12.0 Å².